The van der Waals surface area contributed by atoms with Crippen LogP contribution < -0.4 is 0 Å². The Bertz CT molecular complexity index is 260. The molecule has 0 aromatic rings. The molecule has 3 aliphatic carbocycles. The Morgan fingerprint density at radius 1 is 1.46 bits per heavy atom. The van der Waals surface area contributed by atoms with Gasteiger partial charge in [-0.2, -0.15) is 0 Å². The van der Waals surface area contributed by atoms with E-state index >= 15 is 0 Å². The monoisotopic (exact) mass is 178 g/mol. The van der Waals surface area contributed by atoms with Gasteiger partial charge in [-0.25, -0.2) is 0 Å². The highest BCUT2D eigenvalue weighted by Crippen LogP contribution is 2.90. The number of unbranched alkanes of at least 4 members (excludes halogenated alkanes) is 1. The van der Waals surface area contributed by atoms with Crippen LogP contribution in [0.2, 0.25) is 0 Å². The zero-order chi connectivity index (χ0) is 9.10. The van der Waals surface area contributed by atoms with Crippen molar-refractivity contribution in [3.8, 4) is 0 Å². The molecule has 0 aliphatic heterocycles. The summed E-state index contributed by atoms with van der Waals surface area (Å²) in [5, 5.41) is 10.2. The van der Waals surface area contributed by atoms with Crippen molar-refractivity contribution >= 4 is 0 Å². The van der Waals surface area contributed by atoms with Crippen molar-refractivity contribution in [2.24, 2.45) is 16.7 Å². The van der Waals surface area contributed by atoms with E-state index in [9.17, 15) is 5.11 Å². The molecule has 1 heteroatoms. The van der Waals surface area contributed by atoms with Gasteiger partial charge in [0.05, 0.1) is 6.10 Å². The van der Waals surface area contributed by atoms with Crippen molar-refractivity contribution in [3.05, 3.63) is 12.2 Å². The fourth-order valence-corrected chi connectivity index (χ4v) is 3.29. The molecule has 0 radical (unpaired) electrons. The summed E-state index contributed by atoms with van der Waals surface area (Å²) in [7, 11) is 0. The maximum atomic E-state index is 10.2. The summed E-state index contributed by atoms with van der Waals surface area (Å²) >= 11 is 0. The molecular weight excluding hydrogens is 160 g/mol. The molecule has 2 saturated carbocycles. The number of hydrogen-bond donors (Lipinski definition) is 1. The Kier molecular flexibility index (Phi) is 1.36. The summed E-state index contributed by atoms with van der Waals surface area (Å²) < 4.78 is 0. The summed E-state index contributed by atoms with van der Waals surface area (Å²) in [4.78, 5) is 0. The van der Waals surface area contributed by atoms with Gasteiger partial charge >= 0.3 is 0 Å². The van der Waals surface area contributed by atoms with Gasteiger partial charge in [-0.15, -0.1) is 0 Å². The summed E-state index contributed by atoms with van der Waals surface area (Å²) in [5.41, 5.74) is 0.898. The molecule has 0 heterocycles. The van der Waals surface area contributed by atoms with Gasteiger partial charge in [0, 0.05) is 11.3 Å². The molecule has 0 aromatic carbocycles. The molecule has 0 amide bonds. The van der Waals surface area contributed by atoms with Crippen molar-refractivity contribution in [1.29, 1.82) is 0 Å². The normalized spacial score (nSPS) is 55.5. The van der Waals surface area contributed by atoms with Gasteiger partial charge in [-0.1, -0.05) is 31.9 Å². The van der Waals surface area contributed by atoms with Crippen molar-refractivity contribution in [2.75, 3.05) is 0 Å². The van der Waals surface area contributed by atoms with E-state index in [1.165, 1.54) is 32.1 Å². The van der Waals surface area contributed by atoms with Crippen molar-refractivity contribution in [1.82, 2.24) is 0 Å². The van der Waals surface area contributed by atoms with Gasteiger partial charge < -0.3 is 5.11 Å². The minimum atomic E-state index is -0.0101. The average Bonchev–Trinajstić information content (AvgIpc) is 2.89. The van der Waals surface area contributed by atoms with E-state index in [0.29, 0.717) is 16.7 Å². The van der Waals surface area contributed by atoms with E-state index in [1.54, 1.807) is 0 Å². The molecule has 2 atom stereocenters. The van der Waals surface area contributed by atoms with Crippen LogP contribution in [0.25, 0.3) is 0 Å². The molecule has 3 rings (SSSR count). The number of hydrogen-bond acceptors (Lipinski definition) is 1. The molecule has 13 heavy (non-hydrogen) atoms. The highest BCUT2D eigenvalue weighted by atomic mass is 16.3. The van der Waals surface area contributed by atoms with Crippen LogP contribution in [0.4, 0.5) is 0 Å². The highest BCUT2D eigenvalue weighted by Gasteiger charge is 2.85. The third kappa shape index (κ3) is 0.817. The largest absolute Gasteiger partial charge is 0.392 e. The maximum Gasteiger partial charge on any atom is 0.0667 e. The van der Waals surface area contributed by atoms with Crippen LogP contribution in [0.3, 0.4) is 0 Å². The first-order valence-electron chi connectivity index (χ1n) is 5.62. The molecular formula is C12H18O. The van der Waals surface area contributed by atoms with Crippen LogP contribution in [0.15, 0.2) is 12.2 Å². The Labute approximate surface area is 79.8 Å². The average molecular weight is 178 g/mol. The molecule has 0 aromatic heterocycles. The predicted molar refractivity (Wildman–Crippen MR) is 52.3 cm³/mol. The predicted octanol–water partition coefficient (Wildman–Crippen LogP) is 2.50. The van der Waals surface area contributed by atoms with E-state index in [4.69, 9.17) is 0 Å². The van der Waals surface area contributed by atoms with Crippen molar-refractivity contribution in [3.63, 3.8) is 0 Å². The fraction of sp³-hybridized carbons (Fsp3) is 0.833. The number of aliphatic hydroxyl groups is 1. The molecule has 0 unspecified atom stereocenters. The number of aliphatic hydroxyl groups excluding tert-OH is 1. The molecule has 0 saturated heterocycles. The number of rotatable bonds is 3. The van der Waals surface area contributed by atoms with Gasteiger partial charge in [-0.05, 0) is 24.7 Å². The van der Waals surface area contributed by atoms with Gasteiger partial charge in [0.1, 0.15) is 0 Å². The quantitative estimate of drug-likeness (QED) is 0.658. The zero-order valence-corrected chi connectivity index (χ0v) is 8.29. The van der Waals surface area contributed by atoms with E-state index in [2.05, 4.69) is 19.1 Å². The summed E-state index contributed by atoms with van der Waals surface area (Å²) in [6.07, 6.45) is 10.9. The van der Waals surface area contributed by atoms with Crippen LogP contribution >= 0.6 is 0 Å². The lowest BCUT2D eigenvalue weighted by molar-refractivity contribution is 0.0747. The summed E-state index contributed by atoms with van der Waals surface area (Å²) in [5.74, 6) is 0.470. The fourth-order valence-electron chi connectivity index (χ4n) is 3.29. The van der Waals surface area contributed by atoms with E-state index in [1.807, 2.05) is 0 Å². The standard InChI is InChI=1S/C12H18O/c1-2-3-4-9-5-6-11-7-12(11,8-11)10(9)13/h5-6,9-10,13H,2-4,7-8H2,1H3/t9-,10-,11?,12?/m1/s1. The van der Waals surface area contributed by atoms with Crippen molar-refractivity contribution in [2.45, 2.75) is 45.1 Å². The SMILES string of the molecule is CCCC[C@@H]1C=CC23CC2(C3)[C@@H]1O. The first-order valence-corrected chi connectivity index (χ1v) is 5.62. The Morgan fingerprint density at radius 2 is 2.23 bits per heavy atom. The van der Waals surface area contributed by atoms with Crippen LogP contribution in [0.5, 0.6) is 0 Å². The highest BCUT2D eigenvalue weighted by molar-refractivity contribution is 5.43. The van der Waals surface area contributed by atoms with Crippen LogP contribution in [0, 0.1) is 16.7 Å². The molecule has 72 valence electrons. The lowest BCUT2D eigenvalue weighted by atomic mass is 9.87. The maximum absolute atomic E-state index is 10.2. The smallest absolute Gasteiger partial charge is 0.0667 e. The van der Waals surface area contributed by atoms with Crippen LogP contribution in [-0.2, 0) is 0 Å². The van der Waals surface area contributed by atoms with E-state index in [0.717, 1.165) is 0 Å². The van der Waals surface area contributed by atoms with Gasteiger partial charge in [0.2, 0.25) is 0 Å². The zero-order valence-electron chi connectivity index (χ0n) is 8.29. The second-order valence-electron chi connectivity index (χ2n) is 5.28. The lowest BCUT2D eigenvalue weighted by Gasteiger charge is -2.23. The van der Waals surface area contributed by atoms with Gasteiger partial charge in [0.15, 0.2) is 0 Å². The molecule has 3 aliphatic rings. The minimum Gasteiger partial charge on any atom is -0.392 e. The molecule has 1 nitrogen and oxygen atoms in total. The Morgan fingerprint density at radius 3 is 2.92 bits per heavy atom. The van der Waals surface area contributed by atoms with Crippen LogP contribution in [-0.4, -0.2) is 11.2 Å². The second-order valence-corrected chi connectivity index (χ2v) is 5.28. The first kappa shape index (κ1) is 8.05. The number of allylic oxidation sites excluding steroid dienone is 1. The lowest BCUT2D eigenvalue weighted by Crippen LogP contribution is -2.26. The third-order valence-corrected chi connectivity index (χ3v) is 4.53. The minimum absolute atomic E-state index is 0.0101. The first-order chi connectivity index (χ1) is 6.24. The van der Waals surface area contributed by atoms with Gasteiger partial charge in [0.25, 0.3) is 0 Å². The van der Waals surface area contributed by atoms with Crippen LogP contribution in [0.1, 0.15) is 39.0 Å². The molecule has 0 spiro atoms. The Hall–Kier alpha value is -0.300. The van der Waals surface area contributed by atoms with Gasteiger partial charge in [-0.3, -0.25) is 0 Å². The summed E-state index contributed by atoms with van der Waals surface area (Å²) in [6, 6.07) is 0. The third-order valence-electron chi connectivity index (χ3n) is 4.53. The summed E-state index contributed by atoms with van der Waals surface area (Å²) in [6.45, 7) is 2.22. The molecule has 1 N–H and O–H groups in total. The van der Waals surface area contributed by atoms with Crippen molar-refractivity contribution < 1.29 is 5.11 Å². The molecule has 0 bridgehead atoms. The van der Waals surface area contributed by atoms with E-state index < -0.39 is 0 Å². The topological polar surface area (TPSA) is 20.2 Å². The second kappa shape index (κ2) is 2.20. The Balaban J connectivity index is 1.71. The molecule has 2 fully saturated rings. The van der Waals surface area contributed by atoms with E-state index in [-0.39, 0.29) is 6.10 Å².